The summed E-state index contributed by atoms with van der Waals surface area (Å²) < 4.78 is 23.2. The molecule has 0 aliphatic carbocycles. The zero-order chi connectivity index (χ0) is 19.8. The van der Waals surface area contributed by atoms with Crippen molar-refractivity contribution in [1.29, 1.82) is 0 Å². The zero-order valence-electron chi connectivity index (χ0n) is 17.2. The van der Waals surface area contributed by atoms with Crippen LogP contribution >= 0.6 is 11.8 Å². The van der Waals surface area contributed by atoms with Crippen molar-refractivity contribution in [2.45, 2.75) is 51.1 Å². The Morgan fingerprint density at radius 2 is 1.54 bits per heavy atom. The molecule has 0 aliphatic rings. The van der Waals surface area contributed by atoms with Crippen LogP contribution in [0.25, 0.3) is 0 Å². The molecule has 0 N–H and O–H groups in total. The molecule has 0 radical (unpaired) electrons. The van der Waals surface area contributed by atoms with Gasteiger partial charge in [0.2, 0.25) is 16.6 Å². The number of thioether (sulfide) groups is 1. The van der Waals surface area contributed by atoms with E-state index in [4.69, 9.17) is 18.3 Å². The van der Waals surface area contributed by atoms with E-state index in [0.717, 1.165) is 16.4 Å². The van der Waals surface area contributed by atoms with Crippen LogP contribution < -0.4 is 4.74 Å². The molecule has 1 aromatic carbocycles. The second-order valence-electron chi connectivity index (χ2n) is 7.64. The van der Waals surface area contributed by atoms with Crippen LogP contribution in [0.4, 0.5) is 0 Å². The lowest BCUT2D eigenvalue weighted by Crippen LogP contribution is -2.27. The van der Waals surface area contributed by atoms with Crippen LogP contribution in [0.1, 0.15) is 6.92 Å². The zero-order valence-corrected chi connectivity index (χ0v) is 20.0. The van der Waals surface area contributed by atoms with E-state index in [-0.39, 0.29) is 0 Å². The number of rotatable bonds is 10. The number of methoxy groups -OCH3 is 1. The summed E-state index contributed by atoms with van der Waals surface area (Å²) in [6.45, 7) is 15.4. The molecule has 0 fully saturated rings. The number of ether oxygens (including phenoxy) is 2. The third-order valence-electron chi connectivity index (χ3n) is 2.75. The summed E-state index contributed by atoms with van der Waals surface area (Å²) in [4.78, 5) is 1.11. The van der Waals surface area contributed by atoms with Gasteiger partial charge in [0.1, 0.15) is 11.5 Å². The molecule has 0 aliphatic heterocycles. The van der Waals surface area contributed by atoms with Crippen LogP contribution in [0, 0.1) is 0 Å². The average Bonchev–Trinajstić information content (AvgIpc) is 2.50. The number of benzene rings is 1. The first kappa shape index (κ1) is 22.7. The maximum Gasteiger partial charge on any atom is 0.269 e. The van der Waals surface area contributed by atoms with Crippen molar-refractivity contribution in [2.24, 2.45) is 0 Å². The van der Waals surface area contributed by atoms with Crippen LogP contribution in [0.15, 0.2) is 52.3 Å². The average molecular weight is 413 g/mol. The molecule has 4 nitrogen and oxygen atoms in total. The molecule has 0 spiro atoms. The minimum atomic E-state index is -1.77. The van der Waals surface area contributed by atoms with Gasteiger partial charge in [-0.1, -0.05) is 11.8 Å². The number of allylic oxidation sites excluding steroid dienone is 1. The van der Waals surface area contributed by atoms with Crippen molar-refractivity contribution < 1.29 is 18.3 Å². The highest BCUT2D eigenvalue weighted by Crippen LogP contribution is 2.26. The van der Waals surface area contributed by atoms with Gasteiger partial charge >= 0.3 is 0 Å². The van der Waals surface area contributed by atoms with Crippen LogP contribution in [0.5, 0.6) is 5.75 Å². The maximum absolute atomic E-state index is 6.23. The molecule has 0 unspecified atom stereocenters. The second-order valence-corrected chi connectivity index (χ2v) is 17.4. The molecule has 7 heteroatoms. The predicted molar refractivity (Wildman–Crippen MR) is 116 cm³/mol. The Hall–Kier alpha value is -1.32. The summed E-state index contributed by atoms with van der Waals surface area (Å²) in [5.74, 6) is 2.15. The molecule has 0 amide bonds. The summed E-state index contributed by atoms with van der Waals surface area (Å²) in [5, 5.41) is 2.01. The molecule has 0 saturated heterocycles. The van der Waals surface area contributed by atoms with Crippen LogP contribution in [0.3, 0.4) is 0 Å². The Kier molecular flexibility index (Phi) is 8.85. The Bertz CT molecular complexity index is 614. The first-order valence-corrected chi connectivity index (χ1v) is 16.5. The third-order valence-corrected chi connectivity index (χ3v) is 5.30. The minimum absolute atomic E-state index is 0.534. The summed E-state index contributed by atoms with van der Waals surface area (Å²) in [6, 6.07) is 7.95. The largest absolute Gasteiger partial charge is 0.544 e. The van der Waals surface area contributed by atoms with E-state index in [1.807, 2.05) is 42.7 Å². The highest BCUT2D eigenvalue weighted by molar-refractivity contribution is 8.02. The molecule has 1 rings (SSSR count). The molecule has 0 aromatic heterocycles. The van der Waals surface area contributed by atoms with Crippen molar-refractivity contribution in [3.05, 3.63) is 47.5 Å². The Morgan fingerprint density at radius 3 is 2.00 bits per heavy atom. The monoisotopic (exact) mass is 412 g/mol. The van der Waals surface area contributed by atoms with Gasteiger partial charge in [-0.05, 0) is 70.5 Å². The van der Waals surface area contributed by atoms with E-state index in [1.54, 1.807) is 18.9 Å². The van der Waals surface area contributed by atoms with Gasteiger partial charge < -0.3 is 18.3 Å². The molecule has 26 heavy (non-hydrogen) atoms. The molecule has 0 bridgehead atoms. The molecule has 0 atom stereocenters. The van der Waals surface area contributed by atoms with E-state index < -0.39 is 16.6 Å². The summed E-state index contributed by atoms with van der Waals surface area (Å²) in [6.07, 6.45) is 1.87. The van der Waals surface area contributed by atoms with E-state index in [9.17, 15) is 0 Å². The van der Waals surface area contributed by atoms with Gasteiger partial charge in [0.25, 0.3) is 5.95 Å². The first-order chi connectivity index (χ1) is 12.0. The number of hydrogen-bond donors (Lipinski definition) is 0. The van der Waals surface area contributed by atoms with Crippen LogP contribution in [-0.4, -0.2) is 30.4 Å². The molecule has 0 saturated carbocycles. The highest BCUT2D eigenvalue weighted by Gasteiger charge is 2.21. The highest BCUT2D eigenvalue weighted by atomic mass is 32.2. The summed E-state index contributed by atoms with van der Waals surface area (Å²) in [7, 11) is -1.87. The van der Waals surface area contributed by atoms with E-state index >= 15 is 0 Å². The summed E-state index contributed by atoms with van der Waals surface area (Å²) >= 11 is 1.60. The van der Waals surface area contributed by atoms with E-state index in [0.29, 0.717) is 12.6 Å². The van der Waals surface area contributed by atoms with E-state index in [1.165, 1.54) is 0 Å². The minimum Gasteiger partial charge on any atom is -0.544 e. The molecular weight excluding hydrogens is 380 g/mol. The standard InChI is InChI=1S/C19H32O4SSi2/c1-9-21-19(23-26(6,7)8)14-17(22-25(3,4)5)15-24-18-12-10-16(20-2)11-13-18/h10-15H,9H2,1-8H3. The molecule has 146 valence electrons. The molecule has 0 heterocycles. The van der Waals surface area contributed by atoms with Gasteiger partial charge in [-0.2, -0.15) is 0 Å². The van der Waals surface area contributed by atoms with Crippen molar-refractivity contribution in [2.75, 3.05) is 13.7 Å². The topological polar surface area (TPSA) is 36.9 Å². The molecule has 1 aromatic rings. The van der Waals surface area contributed by atoms with Gasteiger partial charge in [0, 0.05) is 10.3 Å². The van der Waals surface area contributed by atoms with Crippen molar-refractivity contribution in [1.82, 2.24) is 0 Å². The fourth-order valence-corrected chi connectivity index (χ4v) is 4.18. The normalized spacial score (nSPS) is 13.4. The van der Waals surface area contributed by atoms with Gasteiger partial charge in [-0.3, -0.25) is 0 Å². The van der Waals surface area contributed by atoms with Crippen LogP contribution in [0.2, 0.25) is 39.3 Å². The second kappa shape index (κ2) is 10.1. The Labute approximate surface area is 164 Å². The predicted octanol–water partition coefficient (Wildman–Crippen LogP) is 6.21. The Balaban J connectivity index is 3.05. The van der Waals surface area contributed by atoms with Crippen molar-refractivity contribution >= 4 is 28.4 Å². The fourth-order valence-electron chi connectivity index (χ4n) is 1.88. The van der Waals surface area contributed by atoms with Gasteiger partial charge in [0.05, 0.1) is 19.8 Å². The third kappa shape index (κ3) is 9.98. The van der Waals surface area contributed by atoms with Crippen molar-refractivity contribution in [3.63, 3.8) is 0 Å². The van der Waals surface area contributed by atoms with Gasteiger partial charge in [-0.15, -0.1) is 0 Å². The molecular formula is C19H32O4SSi2. The fraction of sp³-hybridized carbons (Fsp3) is 0.474. The van der Waals surface area contributed by atoms with Crippen LogP contribution in [-0.2, 0) is 13.6 Å². The van der Waals surface area contributed by atoms with Gasteiger partial charge in [-0.25, -0.2) is 0 Å². The van der Waals surface area contributed by atoms with Gasteiger partial charge in [0.15, 0.2) is 0 Å². The summed E-state index contributed by atoms with van der Waals surface area (Å²) in [5.41, 5.74) is 0. The SMILES string of the molecule is CCOC(=CC(=CSc1ccc(OC)cc1)O[Si](C)(C)C)O[Si](C)(C)C. The lowest BCUT2D eigenvalue weighted by Gasteiger charge is -2.24. The van der Waals surface area contributed by atoms with Crippen molar-refractivity contribution in [3.8, 4) is 5.75 Å². The maximum atomic E-state index is 6.23. The smallest absolute Gasteiger partial charge is 0.269 e. The number of hydrogen-bond acceptors (Lipinski definition) is 5. The Morgan fingerprint density at radius 1 is 0.962 bits per heavy atom. The lowest BCUT2D eigenvalue weighted by molar-refractivity contribution is 0.111. The lowest BCUT2D eigenvalue weighted by atomic mass is 10.3. The first-order valence-electron chi connectivity index (χ1n) is 8.76. The quantitative estimate of drug-likeness (QED) is 0.198. The van der Waals surface area contributed by atoms with E-state index in [2.05, 4.69) is 39.3 Å².